The smallest absolute Gasteiger partial charge is 0.281 e. The van der Waals surface area contributed by atoms with Gasteiger partial charge in [0.2, 0.25) is 0 Å². The lowest BCUT2D eigenvalue weighted by molar-refractivity contribution is -0.146. The second kappa shape index (κ2) is 7.08. The largest absolute Gasteiger partial charge is 0.478 e. The molecule has 0 bridgehead atoms. The molecule has 0 atom stereocenters. The molecule has 1 aromatic rings. The van der Waals surface area contributed by atoms with Crippen molar-refractivity contribution in [3.05, 3.63) is 30.3 Å². The molecule has 0 spiro atoms. The van der Waals surface area contributed by atoms with Gasteiger partial charge in [0.15, 0.2) is 5.60 Å². The Morgan fingerprint density at radius 3 is 2.12 bits per heavy atom. The lowest BCUT2D eigenvalue weighted by atomic mass is 10.1. The van der Waals surface area contributed by atoms with Gasteiger partial charge in [0.25, 0.3) is 16.1 Å². The summed E-state index contributed by atoms with van der Waals surface area (Å²) in [5.41, 5.74) is -1.01. The third kappa shape index (κ3) is 4.06. The zero-order chi connectivity index (χ0) is 18.0. The molecule has 0 N–H and O–H groups in total. The molecule has 1 aromatic carbocycles. The molecule has 8 heteroatoms. The SMILES string of the molecule is CN(C)S(=O)(=O)N1CCN(C(=O)C(C)(C)Oc2ccccc2)CC1. The van der Waals surface area contributed by atoms with Crippen LogP contribution in [0, 0.1) is 0 Å². The van der Waals surface area contributed by atoms with Gasteiger partial charge in [-0.25, -0.2) is 0 Å². The quantitative estimate of drug-likeness (QED) is 0.783. The molecule has 1 aliphatic rings. The normalized spacial score (nSPS) is 17.1. The number of amides is 1. The van der Waals surface area contributed by atoms with E-state index in [-0.39, 0.29) is 19.0 Å². The average molecular weight is 355 g/mol. The Bertz CT molecular complexity index is 666. The van der Waals surface area contributed by atoms with Crippen molar-refractivity contribution in [2.24, 2.45) is 0 Å². The molecule has 134 valence electrons. The van der Waals surface area contributed by atoms with E-state index in [1.807, 2.05) is 18.2 Å². The zero-order valence-corrected chi connectivity index (χ0v) is 15.4. The van der Waals surface area contributed by atoms with Gasteiger partial charge >= 0.3 is 0 Å². The highest BCUT2D eigenvalue weighted by Crippen LogP contribution is 2.21. The molecule has 0 saturated carbocycles. The number of hydrogen-bond acceptors (Lipinski definition) is 4. The summed E-state index contributed by atoms with van der Waals surface area (Å²) >= 11 is 0. The van der Waals surface area contributed by atoms with Crippen LogP contribution in [0.15, 0.2) is 30.3 Å². The Morgan fingerprint density at radius 1 is 1.08 bits per heavy atom. The van der Waals surface area contributed by atoms with E-state index in [2.05, 4.69) is 0 Å². The molecule has 0 radical (unpaired) electrons. The molecule has 1 heterocycles. The van der Waals surface area contributed by atoms with Gasteiger partial charge in [0.05, 0.1) is 0 Å². The van der Waals surface area contributed by atoms with Gasteiger partial charge in [-0.3, -0.25) is 4.79 Å². The minimum atomic E-state index is -3.44. The number of ether oxygens (including phenoxy) is 1. The first kappa shape index (κ1) is 18.7. The summed E-state index contributed by atoms with van der Waals surface area (Å²) in [5, 5.41) is 0. The predicted molar refractivity (Wildman–Crippen MR) is 91.9 cm³/mol. The Kier molecular flexibility index (Phi) is 5.52. The van der Waals surface area contributed by atoms with Crippen molar-refractivity contribution in [2.75, 3.05) is 40.3 Å². The fourth-order valence-corrected chi connectivity index (χ4v) is 3.65. The first-order valence-electron chi connectivity index (χ1n) is 7.85. The van der Waals surface area contributed by atoms with Gasteiger partial charge in [-0.2, -0.15) is 17.0 Å². The number of carbonyl (C=O) groups excluding carboxylic acids is 1. The molecule has 0 unspecified atom stereocenters. The molecule has 0 aliphatic carbocycles. The second-order valence-electron chi connectivity index (χ2n) is 6.41. The van der Waals surface area contributed by atoms with Crippen molar-refractivity contribution < 1.29 is 17.9 Å². The highest BCUT2D eigenvalue weighted by Gasteiger charge is 2.37. The number of nitrogens with zero attached hydrogens (tertiary/aromatic N) is 3. The molecule has 1 fully saturated rings. The van der Waals surface area contributed by atoms with Crippen LogP contribution in [0.25, 0.3) is 0 Å². The van der Waals surface area contributed by atoms with Crippen LogP contribution in [0.1, 0.15) is 13.8 Å². The monoisotopic (exact) mass is 355 g/mol. The van der Waals surface area contributed by atoms with Crippen LogP contribution < -0.4 is 4.74 Å². The maximum atomic E-state index is 12.7. The van der Waals surface area contributed by atoms with Crippen LogP contribution >= 0.6 is 0 Å². The maximum Gasteiger partial charge on any atom is 0.281 e. The molecular weight excluding hydrogens is 330 g/mol. The second-order valence-corrected chi connectivity index (χ2v) is 8.55. The van der Waals surface area contributed by atoms with E-state index >= 15 is 0 Å². The van der Waals surface area contributed by atoms with Gasteiger partial charge in [-0.05, 0) is 26.0 Å². The van der Waals surface area contributed by atoms with Crippen molar-refractivity contribution in [3.63, 3.8) is 0 Å². The fraction of sp³-hybridized carbons (Fsp3) is 0.562. The van der Waals surface area contributed by atoms with Crippen molar-refractivity contribution in [1.82, 2.24) is 13.5 Å². The third-order valence-corrected chi connectivity index (χ3v) is 5.89. The summed E-state index contributed by atoms with van der Waals surface area (Å²) in [7, 11) is -0.428. The highest BCUT2D eigenvalue weighted by atomic mass is 32.2. The molecule has 1 aliphatic heterocycles. The zero-order valence-electron chi connectivity index (χ0n) is 14.6. The van der Waals surface area contributed by atoms with Gasteiger partial charge < -0.3 is 9.64 Å². The van der Waals surface area contributed by atoms with Gasteiger partial charge in [-0.15, -0.1) is 0 Å². The number of benzene rings is 1. The van der Waals surface area contributed by atoms with E-state index in [0.29, 0.717) is 18.8 Å². The third-order valence-electron chi connectivity index (χ3n) is 3.94. The number of rotatable bonds is 5. The van der Waals surface area contributed by atoms with E-state index in [0.717, 1.165) is 0 Å². The summed E-state index contributed by atoms with van der Waals surface area (Å²) in [5.74, 6) is 0.484. The lowest BCUT2D eigenvalue weighted by Gasteiger charge is -2.38. The average Bonchev–Trinajstić information content (AvgIpc) is 2.54. The molecule has 1 saturated heterocycles. The van der Waals surface area contributed by atoms with Crippen LogP contribution in [-0.2, 0) is 15.0 Å². The summed E-state index contributed by atoms with van der Waals surface area (Å²) in [4.78, 5) is 14.4. The first-order valence-corrected chi connectivity index (χ1v) is 9.25. The Balaban J connectivity index is 1.99. The molecule has 24 heavy (non-hydrogen) atoms. The van der Waals surface area contributed by atoms with Crippen LogP contribution in [0.4, 0.5) is 0 Å². The molecule has 2 rings (SSSR count). The molecule has 1 amide bonds. The standard InChI is InChI=1S/C16H25N3O4S/c1-16(2,23-14-8-6-5-7-9-14)15(20)18-10-12-19(13-11-18)24(21,22)17(3)4/h5-9H,10-13H2,1-4H3. The van der Waals surface area contributed by atoms with Crippen molar-refractivity contribution in [3.8, 4) is 5.75 Å². The predicted octanol–water partition coefficient (Wildman–Crippen LogP) is 0.795. The molecule has 7 nitrogen and oxygen atoms in total. The minimum Gasteiger partial charge on any atom is -0.478 e. The highest BCUT2D eigenvalue weighted by molar-refractivity contribution is 7.86. The summed E-state index contributed by atoms with van der Waals surface area (Å²) in [6, 6.07) is 9.18. The van der Waals surface area contributed by atoms with Crippen molar-refractivity contribution >= 4 is 16.1 Å². The first-order chi connectivity index (χ1) is 11.1. The number of piperazine rings is 1. The minimum absolute atomic E-state index is 0.145. The van der Waals surface area contributed by atoms with Crippen LogP contribution in [0.5, 0.6) is 5.75 Å². The number of para-hydroxylation sites is 1. The maximum absolute atomic E-state index is 12.7. The van der Waals surface area contributed by atoms with Gasteiger partial charge in [0, 0.05) is 40.3 Å². The Morgan fingerprint density at radius 2 is 1.62 bits per heavy atom. The van der Waals surface area contributed by atoms with Crippen molar-refractivity contribution in [2.45, 2.75) is 19.4 Å². The van der Waals surface area contributed by atoms with E-state index in [1.54, 1.807) is 30.9 Å². The number of carbonyl (C=O) groups is 1. The number of hydrogen-bond donors (Lipinski definition) is 0. The molecule has 0 aromatic heterocycles. The molecular formula is C16H25N3O4S. The fourth-order valence-electron chi connectivity index (χ4n) is 2.56. The topological polar surface area (TPSA) is 70.2 Å². The van der Waals surface area contributed by atoms with Gasteiger partial charge in [-0.1, -0.05) is 18.2 Å². The summed E-state index contributed by atoms with van der Waals surface area (Å²) in [6.45, 7) is 4.73. The van der Waals surface area contributed by atoms with E-state index < -0.39 is 15.8 Å². The van der Waals surface area contributed by atoms with E-state index in [4.69, 9.17) is 4.74 Å². The van der Waals surface area contributed by atoms with Crippen LogP contribution in [-0.4, -0.2) is 73.7 Å². The van der Waals surface area contributed by atoms with Gasteiger partial charge in [0.1, 0.15) is 5.75 Å². The lowest BCUT2D eigenvalue weighted by Crippen LogP contribution is -2.57. The van der Waals surface area contributed by atoms with Crippen molar-refractivity contribution in [1.29, 1.82) is 0 Å². The Labute approximate surface area is 144 Å². The van der Waals surface area contributed by atoms with Crippen LogP contribution in [0.2, 0.25) is 0 Å². The summed E-state index contributed by atoms with van der Waals surface area (Å²) < 4.78 is 32.6. The summed E-state index contributed by atoms with van der Waals surface area (Å²) in [6.07, 6.45) is 0. The van der Waals surface area contributed by atoms with Crippen LogP contribution in [0.3, 0.4) is 0 Å². The van der Waals surface area contributed by atoms with E-state index in [9.17, 15) is 13.2 Å². The Hall–Kier alpha value is -1.64. The van der Waals surface area contributed by atoms with E-state index in [1.165, 1.54) is 22.7 Å².